The molecule has 53 heavy (non-hydrogen) atoms. The molecule has 0 aliphatic carbocycles. The van der Waals surface area contributed by atoms with Crippen LogP contribution in [0.2, 0.25) is 19.6 Å². The zero-order valence-electron chi connectivity index (χ0n) is 36.4. The molecule has 0 N–H and O–H groups in total. The molecule has 3 aromatic heterocycles. The van der Waals surface area contributed by atoms with Crippen molar-refractivity contribution in [2.24, 2.45) is 0 Å². The molecule has 1 radical (unpaired) electrons. The van der Waals surface area contributed by atoms with Crippen LogP contribution in [0.3, 0.4) is 0 Å². The van der Waals surface area contributed by atoms with Crippen LogP contribution in [0, 0.1) is 19.0 Å². The molecule has 0 unspecified atom stereocenters. The SMILES string of the molecule is [2H]C(C)(C)c1cc(-c2[c-]ccc(-c3ccccc3)c2)ncc1[Si](C)(C)C.[2H]C([2H])([2H])c1cnc(-c2[c-]ccc3c2sc2ccccc23)cc1C([2H])([2H])c1ccccc1.[Ir]. The summed E-state index contributed by atoms with van der Waals surface area (Å²) < 4.78 is 52.3. The average molecular weight is 907 g/mol. The van der Waals surface area contributed by atoms with Gasteiger partial charge in [-0.15, -0.1) is 59.2 Å². The Morgan fingerprint density at radius 1 is 0.755 bits per heavy atom. The fourth-order valence-corrected chi connectivity index (χ4v) is 9.08. The van der Waals surface area contributed by atoms with Crippen molar-refractivity contribution in [3.63, 3.8) is 0 Å². The molecule has 5 aromatic carbocycles. The fourth-order valence-electron chi connectivity index (χ4n) is 6.29. The molecule has 5 heteroatoms. The second-order valence-corrected chi connectivity index (χ2v) is 20.1. The van der Waals surface area contributed by atoms with Gasteiger partial charge in [-0.05, 0) is 74.1 Å². The third-order valence-electron chi connectivity index (χ3n) is 8.99. The standard InChI is InChI=1S/C25H18NS.C23H26NSi.Ir/c1-17-16-26-23(15-19(17)14-18-8-3-2-4-9-18)22-12-7-11-21-20-10-5-6-13-24(20)27-25(21)22;1-17(2)21-15-22(24-16-23(21)25(3,4)5)20-13-9-12-19(14-20)18-10-7-6-8-11-18;/h2-11,13,15-16H,14H2,1H3;6-12,14-17H,1-5H3;/q2*-1;/i1D3,14D2;17D;. The second-order valence-electron chi connectivity index (χ2n) is 14.0. The van der Waals surface area contributed by atoms with E-state index < -0.39 is 27.2 Å². The molecule has 0 aliphatic heterocycles. The molecule has 0 bridgehead atoms. The summed E-state index contributed by atoms with van der Waals surface area (Å²) in [4.78, 5) is 9.20. The first-order valence-corrected chi connectivity index (χ1v) is 21.7. The number of nitrogens with zero attached hydrogens (tertiary/aromatic N) is 2. The first kappa shape index (κ1) is 30.9. The van der Waals surface area contributed by atoms with Crippen molar-refractivity contribution in [2.75, 3.05) is 0 Å². The number of thiophene rings is 1. The average Bonchev–Trinajstić information content (AvgIpc) is 3.59. The van der Waals surface area contributed by atoms with Gasteiger partial charge in [0.2, 0.25) is 0 Å². The molecule has 8 aromatic rings. The molecule has 8 rings (SSSR count). The van der Waals surface area contributed by atoms with Gasteiger partial charge in [-0.25, -0.2) is 0 Å². The van der Waals surface area contributed by atoms with Crippen molar-refractivity contribution in [3.8, 4) is 33.6 Å². The second kappa shape index (κ2) is 16.7. The van der Waals surface area contributed by atoms with E-state index in [0.717, 1.165) is 48.1 Å². The maximum atomic E-state index is 8.82. The van der Waals surface area contributed by atoms with Gasteiger partial charge in [0.15, 0.2) is 0 Å². The van der Waals surface area contributed by atoms with E-state index in [1.165, 1.54) is 16.9 Å². The first-order chi connectivity index (χ1) is 27.4. The maximum Gasteiger partial charge on any atom is 0.0799 e. The van der Waals surface area contributed by atoms with Gasteiger partial charge >= 0.3 is 0 Å². The molecule has 267 valence electrons. The number of aromatic nitrogens is 2. The Balaban J connectivity index is 0.000000199. The number of aryl methyl sites for hydroxylation is 1. The van der Waals surface area contributed by atoms with E-state index in [9.17, 15) is 0 Å². The van der Waals surface area contributed by atoms with Crippen LogP contribution >= 0.6 is 11.3 Å². The van der Waals surface area contributed by atoms with Crippen molar-refractivity contribution >= 4 is 44.8 Å². The third kappa shape index (κ3) is 8.66. The van der Waals surface area contributed by atoms with Crippen LogP contribution in [-0.4, -0.2) is 18.0 Å². The molecule has 0 saturated carbocycles. The van der Waals surface area contributed by atoms with Crippen LogP contribution < -0.4 is 5.19 Å². The summed E-state index contributed by atoms with van der Waals surface area (Å²) in [6, 6.07) is 47.4. The number of pyridine rings is 2. The minimum Gasteiger partial charge on any atom is -0.305 e. The van der Waals surface area contributed by atoms with Crippen LogP contribution in [0.15, 0.2) is 140 Å². The van der Waals surface area contributed by atoms with E-state index >= 15 is 0 Å². The Morgan fingerprint density at radius 2 is 1.45 bits per heavy atom. The van der Waals surface area contributed by atoms with Gasteiger partial charge in [0, 0.05) is 45.4 Å². The summed E-state index contributed by atoms with van der Waals surface area (Å²) >= 11 is 1.63. The summed E-state index contributed by atoms with van der Waals surface area (Å²) in [6.07, 6.45) is 1.28. The molecule has 0 spiro atoms. The van der Waals surface area contributed by atoms with Crippen molar-refractivity contribution < 1.29 is 28.3 Å². The Hall–Kier alpha value is -4.51. The van der Waals surface area contributed by atoms with E-state index in [4.69, 9.17) is 13.2 Å². The van der Waals surface area contributed by atoms with E-state index in [0.29, 0.717) is 11.3 Å². The minimum atomic E-state index is -2.49. The number of hydrogen-bond donors (Lipinski definition) is 0. The van der Waals surface area contributed by atoms with Crippen LogP contribution in [0.5, 0.6) is 0 Å². The van der Waals surface area contributed by atoms with Crippen molar-refractivity contribution in [2.45, 2.75) is 52.6 Å². The van der Waals surface area contributed by atoms with Crippen LogP contribution in [0.1, 0.15) is 50.2 Å². The molecule has 0 amide bonds. The number of fused-ring (bicyclic) bond motifs is 3. The van der Waals surface area contributed by atoms with E-state index in [2.05, 4.69) is 79.2 Å². The van der Waals surface area contributed by atoms with Gasteiger partial charge in [-0.1, -0.05) is 135 Å². The topological polar surface area (TPSA) is 25.8 Å². The molecule has 0 fully saturated rings. The van der Waals surface area contributed by atoms with Crippen LogP contribution in [0.4, 0.5) is 0 Å². The summed E-state index contributed by atoms with van der Waals surface area (Å²) in [5.74, 6) is -0.648. The van der Waals surface area contributed by atoms with Crippen molar-refractivity contribution in [1.29, 1.82) is 0 Å². The third-order valence-corrected chi connectivity index (χ3v) is 12.2. The van der Waals surface area contributed by atoms with Crippen LogP contribution in [0.25, 0.3) is 53.8 Å². The normalized spacial score (nSPS) is 13.7. The quantitative estimate of drug-likeness (QED) is 0.118. The Labute approximate surface area is 341 Å². The van der Waals surface area contributed by atoms with Gasteiger partial charge in [-0.2, -0.15) is 11.3 Å². The molecular formula is C48H44IrN2SSi-2. The van der Waals surface area contributed by atoms with Gasteiger partial charge in [-0.3, -0.25) is 0 Å². The zero-order valence-corrected chi connectivity index (χ0v) is 34.6. The van der Waals surface area contributed by atoms with E-state index in [1.54, 1.807) is 47.7 Å². The molecule has 2 nitrogen and oxygen atoms in total. The Bertz CT molecular complexity index is 2720. The zero-order chi connectivity index (χ0) is 41.5. The molecule has 0 saturated heterocycles. The van der Waals surface area contributed by atoms with Crippen molar-refractivity contribution in [3.05, 3.63) is 174 Å². The predicted molar refractivity (Wildman–Crippen MR) is 226 cm³/mol. The molecule has 0 atom stereocenters. The Morgan fingerprint density at radius 3 is 2.19 bits per heavy atom. The largest absolute Gasteiger partial charge is 0.305 e. The Kier molecular flexibility index (Phi) is 9.71. The fraction of sp³-hybridized carbons (Fsp3) is 0.167. The van der Waals surface area contributed by atoms with E-state index in [1.807, 2.05) is 68.6 Å². The predicted octanol–water partition coefficient (Wildman–Crippen LogP) is 12.7. The first-order valence-electron chi connectivity index (χ1n) is 20.4. The van der Waals surface area contributed by atoms with Crippen LogP contribution in [-0.2, 0) is 26.5 Å². The summed E-state index contributed by atoms with van der Waals surface area (Å²) in [5.41, 5.74) is 6.94. The van der Waals surface area contributed by atoms with Gasteiger partial charge in [0.25, 0.3) is 0 Å². The number of rotatable bonds is 7. The number of hydrogen-bond acceptors (Lipinski definition) is 3. The summed E-state index contributed by atoms with van der Waals surface area (Å²) in [7, 11) is -1.57. The van der Waals surface area contributed by atoms with Gasteiger partial charge in [0.1, 0.15) is 0 Å². The monoisotopic (exact) mass is 907 g/mol. The smallest absolute Gasteiger partial charge is 0.0799 e. The molecule has 3 heterocycles. The summed E-state index contributed by atoms with van der Waals surface area (Å²) in [6.45, 7) is 8.35. The van der Waals surface area contributed by atoms with Crippen molar-refractivity contribution in [1.82, 2.24) is 9.97 Å². The summed E-state index contributed by atoms with van der Waals surface area (Å²) in [5, 5.41) is 3.48. The minimum absolute atomic E-state index is 0. The van der Waals surface area contributed by atoms with Gasteiger partial charge < -0.3 is 9.97 Å². The van der Waals surface area contributed by atoms with E-state index in [-0.39, 0.29) is 31.2 Å². The molecular weight excluding hydrogens is 857 g/mol. The molecule has 0 aliphatic rings. The number of benzene rings is 5. The van der Waals surface area contributed by atoms with Gasteiger partial charge in [0.05, 0.1) is 8.07 Å². The maximum absolute atomic E-state index is 8.82.